The van der Waals surface area contributed by atoms with Gasteiger partial charge in [0.15, 0.2) is 9.84 Å². The van der Waals surface area contributed by atoms with E-state index in [1.54, 1.807) is 6.92 Å². The number of aromatic nitrogens is 1. The summed E-state index contributed by atoms with van der Waals surface area (Å²) in [4.78, 5) is 8.26. The third-order valence-electron chi connectivity index (χ3n) is 3.99. The van der Waals surface area contributed by atoms with Crippen LogP contribution in [-0.4, -0.2) is 43.4 Å². The van der Waals surface area contributed by atoms with Crippen LogP contribution in [0.2, 0.25) is 0 Å². The van der Waals surface area contributed by atoms with Gasteiger partial charge in [-0.15, -0.1) is 11.3 Å². The lowest BCUT2D eigenvalue weighted by atomic mass is 9.97. The van der Waals surface area contributed by atoms with E-state index in [1.165, 1.54) is 15.6 Å². The van der Waals surface area contributed by atoms with Crippen molar-refractivity contribution in [2.45, 2.75) is 45.6 Å². The van der Waals surface area contributed by atoms with Crippen LogP contribution in [0.5, 0.6) is 0 Å². The Balaban J connectivity index is 2.08. The number of hydrogen-bond donors (Lipinski definition) is 0. The zero-order valence-electron chi connectivity index (χ0n) is 12.6. The Labute approximate surface area is 126 Å². The van der Waals surface area contributed by atoms with Gasteiger partial charge in [0.2, 0.25) is 0 Å². The summed E-state index contributed by atoms with van der Waals surface area (Å²) in [6, 6.07) is 0.351. The summed E-state index contributed by atoms with van der Waals surface area (Å²) in [5.74, 6) is 0.489. The smallest absolute Gasteiger partial charge is 0.151 e. The summed E-state index contributed by atoms with van der Waals surface area (Å²) in [5.41, 5.74) is 1.24. The Bertz CT molecular complexity index is 552. The Kier molecular flexibility index (Phi) is 5.20. The first kappa shape index (κ1) is 15.9. The van der Waals surface area contributed by atoms with Crippen molar-refractivity contribution in [3.05, 3.63) is 15.6 Å². The molecular weight excluding hydrogens is 292 g/mol. The fourth-order valence-electron chi connectivity index (χ4n) is 2.60. The molecule has 0 unspecified atom stereocenters. The third kappa shape index (κ3) is 3.59. The molecule has 0 amide bonds. The second-order valence-electron chi connectivity index (χ2n) is 5.40. The molecule has 0 fully saturated rings. The number of rotatable bonds is 6. The van der Waals surface area contributed by atoms with Gasteiger partial charge >= 0.3 is 0 Å². The molecule has 0 N–H and O–H groups in total. The van der Waals surface area contributed by atoms with Crippen molar-refractivity contribution in [2.24, 2.45) is 0 Å². The first-order chi connectivity index (χ1) is 9.46. The molecule has 2 rings (SSSR count). The average molecular weight is 316 g/mol. The molecule has 0 aliphatic heterocycles. The zero-order valence-corrected chi connectivity index (χ0v) is 14.2. The standard InChI is InChI=1S/C14H24N2O2S2/c1-4-13-15-11-7-6-8-12(14(11)19-13)16(3)9-10-20(17,18)5-2/h12H,4-10H2,1-3H3/t12-/m0/s1. The van der Waals surface area contributed by atoms with Gasteiger partial charge in [0.05, 0.1) is 16.5 Å². The van der Waals surface area contributed by atoms with Crippen LogP contribution in [0.4, 0.5) is 0 Å². The lowest BCUT2D eigenvalue weighted by molar-refractivity contribution is 0.236. The molecule has 0 aromatic carbocycles. The number of hydrogen-bond acceptors (Lipinski definition) is 5. The van der Waals surface area contributed by atoms with Gasteiger partial charge in [-0.3, -0.25) is 4.90 Å². The van der Waals surface area contributed by atoms with E-state index < -0.39 is 9.84 Å². The van der Waals surface area contributed by atoms with Gasteiger partial charge in [0.1, 0.15) is 0 Å². The maximum atomic E-state index is 11.6. The van der Waals surface area contributed by atoms with Crippen molar-refractivity contribution in [3.8, 4) is 0 Å². The highest BCUT2D eigenvalue weighted by Crippen LogP contribution is 2.37. The number of thiazole rings is 1. The van der Waals surface area contributed by atoms with E-state index in [1.807, 2.05) is 18.4 Å². The summed E-state index contributed by atoms with van der Waals surface area (Å²) in [5, 5.41) is 1.21. The van der Waals surface area contributed by atoms with Gasteiger partial charge in [-0.25, -0.2) is 13.4 Å². The maximum Gasteiger partial charge on any atom is 0.151 e. The molecule has 20 heavy (non-hydrogen) atoms. The normalized spacial score (nSPS) is 19.3. The highest BCUT2D eigenvalue weighted by atomic mass is 32.2. The molecule has 0 spiro atoms. The van der Waals surface area contributed by atoms with Crippen LogP contribution in [0.1, 0.15) is 48.3 Å². The van der Waals surface area contributed by atoms with Crippen molar-refractivity contribution in [1.82, 2.24) is 9.88 Å². The van der Waals surface area contributed by atoms with Crippen molar-refractivity contribution in [3.63, 3.8) is 0 Å². The number of aryl methyl sites for hydroxylation is 2. The monoisotopic (exact) mass is 316 g/mol. The minimum absolute atomic E-state index is 0.233. The van der Waals surface area contributed by atoms with Gasteiger partial charge in [-0.2, -0.15) is 0 Å². The van der Waals surface area contributed by atoms with Crippen LogP contribution in [0.25, 0.3) is 0 Å². The van der Waals surface area contributed by atoms with Gasteiger partial charge in [0, 0.05) is 23.2 Å². The predicted molar refractivity (Wildman–Crippen MR) is 84.1 cm³/mol. The van der Waals surface area contributed by atoms with Crippen LogP contribution in [0.15, 0.2) is 0 Å². The van der Waals surface area contributed by atoms with E-state index in [0.717, 1.165) is 25.7 Å². The second-order valence-corrected chi connectivity index (χ2v) is 8.99. The molecule has 0 radical (unpaired) electrons. The first-order valence-electron chi connectivity index (χ1n) is 7.36. The molecule has 0 saturated carbocycles. The zero-order chi connectivity index (χ0) is 14.8. The molecule has 1 atom stereocenters. The minimum atomic E-state index is -2.88. The fraction of sp³-hybridized carbons (Fsp3) is 0.786. The molecule has 1 heterocycles. The fourth-order valence-corrected chi connectivity index (χ4v) is 4.71. The summed E-state index contributed by atoms with van der Waals surface area (Å²) < 4.78 is 23.3. The molecule has 1 aromatic rings. The molecule has 4 nitrogen and oxygen atoms in total. The number of nitrogens with zero attached hydrogens (tertiary/aromatic N) is 2. The van der Waals surface area contributed by atoms with Crippen LogP contribution in [-0.2, 0) is 22.7 Å². The molecule has 114 valence electrons. The van der Waals surface area contributed by atoms with Crippen molar-refractivity contribution in [2.75, 3.05) is 25.1 Å². The number of fused-ring (bicyclic) bond motifs is 1. The molecule has 1 aliphatic carbocycles. The molecule has 6 heteroatoms. The van der Waals surface area contributed by atoms with Crippen LogP contribution >= 0.6 is 11.3 Å². The Hall–Kier alpha value is -0.460. The van der Waals surface area contributed by atoms with E-state index >= 15 is 0 Å². The topological polar surface area (TPSA) is 50.3 Å². The lowest BCUT2D eigenvalue weighted by Crippen LogP contribution is -2.31. The van der Waals surface area contributed by atoms with Gasteiger partial charge in [-0.1, -0.05) is 13.8 Å². The van der Waals surface area contributed by atoms with Crippen molar-refractivity contribution in [1.29, 1.82) is 0 Å². The number of sulfone groups is 1. The molecule has 0 bridgehead atoms. The summed E-state index contributed by atoms with van der Waals surface area (Å²) in [7, 11) is -0.846. The van der Waals surface area contributed by atoms with E-state index in [-0.39, 0.29) is 11.5 Å². The third-order valence-corrected chi connectivity index (χ3v) is 7.02. The average Bonchev–Trinajstić information content (AvgIpc) is 2.87. The van der Waals surface area contributed by atoms with E-state index in [0.29, 0.717) is 12.6 Å². The van der Waals surface area contributed by atoms with Gasteiger partial charge in [-0.05, 0) is 32.7 Å². The predicted octanol–water partition coefficient (Wildman–Crippen LogP) is 2.45. The van der Waals surface area contributed by atoms with Crippen LogP contribution in [0, 0.1) is 0 Å². The summed E-state index contributed by atoms with van der Waals surface area (Å²) in [6.07, 6.45) is 4.32. The highest BCUT2D eigenvalue weighted by molar-refractivity contribution is 7.91. The lowest BCUT2D eigenvalue weighted by Gasteiger charge is -2.30. The van der Waals surface area contributed by atoms with E-state index in [4.69, 9.17) is 4.98 Å². The van der Waals surface area contributed by atoms with Gasteiger partial charge in [0.25, 0.3) is 0 Å². The first-order valence-corrected chi connectivity index (χ1v) is 9.99. The molecule has 1 aliphatic rings. The summed E-state index contributed by atoms with van der Waals surface area (Å²) in [6.45, 7) is 4.46. The Morgan fingerprint density at radius 3 is 2.80 bits per heavy atom. The van der Waals surface area contributed by atoms with Crippen LogP contribution < -0.4 is 0 Å². The van der Waals surface area contributed by atoms with Crippen molar-refractivity contribution >= 4 is 21.2 Å². The SMILES string of the molecule is CCc1nc2c(s1)[C@@H](N(C)CCS(=O)(=O)CC)CCC2. The Morgan fingerprint density at radius 1 is 1.40 bits per heavy atom. The van der Waals surface area contributed by atoms with Gasteiger partial charge < -0.3 is 0 Å². The maximum absolute atomic E-state index is 11.6. The Morgan fingerprint density at radius 2 is 2.15 bits per heavy atom. The molecule has 0 saturated heterocycles. The van der Waals surface area contributed by atoms with Crippen molar-refractivity contribution < 1.29 is 8.42 Å². The van der Waals surface area contributed by atoms with E-state index in [9.17, 15) is 8.42 Å². The second kappa shape index (κ2) is 6.54. The minimum Gasteiger partial charge on any atom is -0.297 e. The van der Waals surface area contributed by atoms with Crippen LogP contribution in [0.3, 0.4) is 0 Å². The largest absolute Gasteiger partial charge is 0.297 e. The molecular formula is C14H24N2O2S2. The quantitative estimate of drug-likeness (QED) is 0.809. The summed E-state index contributed by atoms with van der Waals surface area (Å²) >= 11 is 1.81. The molecule has 1 aromatic heterocycles. The van der Waals surface area contributed by atoms with E-state index in [2.05, 4.69) is 11.8 Å². The highest BCUT2D eigenvalue weighted by Gasteiger charge is 2.27.